The largest absolute Gasteiger partial charge is 0.433 e. The number of hydrogen-bond donors (Lipinski definition) is 1. The number of pyridine rings is 2. The Morgan fingerprint density at radius 2 is 1.88 bits per heavy atom. The third-order valence-electron chi connectivity index (χ3n) is 4.17. The van der Waals surface area contributed by atoms with Crippen LogP contribution in [-0.2, 0) is 16.2 Å². The highest BCUT2D eigenvalue weighted by molar-refractivity contribution is 7.88. The first-order valence-electron chi connectivity index (χ1n) is 7.69. The fourth-order valence-corrected chi connectivity index (χ4v) is 3.73. The van der Waals surface area contributed by atoms with Gasteiger partial charge < -0.3 is 5.32 Å². The van der Waals surface area contributed by atoms with E-state index in [1.807, 2.05) is 0 Å². The summed E-state index contributed by atoms with van der Waals surface area (Å²) in [4.78, 5) is 7.85. The third-order valence-corrected chi connectivity index (χ3v) is 5.47. The van der Waals surface area contributed by atoms with Crippen molar-refractivity contribution in [1.82, 2.24) is 14.3 Å². The zero-order valence-corrected chi connectivity index (χ0v) is 14.2. The summed E-state index contributed by atoms with van der Waals surface area (Å²) in [5, 5.41) is 3.70. The summed E-state index contributed by atoms with van der Waals surface area (Å²) in [6.45, 7) is 0.801. The van der Waals surface area contributed by atoms with E-state index in [4.69, 9.17) is 0 Å². The Balaban J connectivity index is 1.79. The molecule has 1 aliphatic heterocycles. The van der Waals surface area contributed by atoms with E-state index in [0.717, 1.165) is 6.07 Å². The molecule has 0 aromatic carbocycles. The van der Waals surface area contributed by atoms with E-state index in [2.05, 4.69) is 15.3 Å². The van der Waals surface area contributed by atoms with Crippen molar-refractivity contribution in [2.75, 3.05) is 24.7 Å². The van der Waals surface area contributed by atoms with Crippen LogP contribution in [0.5, 0.6) is 0 Å². The molecule has 0 saturated carbocycles. The second kappa shape index (κ2) is 6.41. The van der Waals surface area contributed by atoms with Gasteiger partial charge in [-0.3, -0.25) is 0 Å². The molecule has 0 atom stereocenters. The van der Waals surface area contributed by atoms with Crippen molar-refractivity contribution in [1.29, 1.82) is 0 Å². The maximum atomic E-state index is 12.8. The molecule has 0 radical (unpaired) electrons. The molecule has 136 valence electrons. The third kappa shape index (κ3) is 4.01. The maximum Gasteiger partial charge on any atom is 0.433 e. The molecule has 2 aromatic heterocycles. The Morgan fingerprint density at radius 1 is 1.20 bits per heavy atom. The van der Waals surface area contributed by atoms with Gasteiger partial charge in [0.05, 0.1) is 11.8 Å². The van der Waals surface area contributed by atoms with E-state index in [1.165, 1.54) is 28.9 Å². The molecule has 3 rings (SSSR count). The van der Waals surface area contributed by atoms with Gasteiger partial charge in [-0.25, -0.2) is 22.7 Å². The minimum Gasteiger partial charge on any atom is -0.367 e. The Kier molecular flexibility index (Phi) is 4.58. The highest BCUT2D eigenvalue weighted by Crippen LogP contribution is 2.30. The first-order valence-corrected chi connectivity index (χ1v) is 9.54. The fourth-order valence-electron chi connectivity index (χ4n) is 2.85. The number of hydrogen-bond acceptors (Lipinski definition) is 5. The second-order valence-electron chi connectivity index (χ2n) is 6.00. The van der Waals surface area contributed by atoms with Crippen LogP contribution in [0.2, 0.25) is 0 Å². The Labute approximate surface area is 143 Å². The van der Waals surface area contributed by atoms with Gasteiger partial charge in [0.25, 0.3) is 0 Å². The molecule has 0 amide bonds. The van der Waals surface area contributed by atoms with Crippen LogP contribution in [0.25, 0.3) is 10.9 Å². The van der Waals surface area contributed by atoms with Crippen molar-refractivity contribution in [3.8, 4) is 0 Å². The highest BCUT2D eigenvalue weighted by atomic mass is 32.2. The topological polar surface area (TPSA) is 75.2 Å². The predicted molar refractivity (Wildman–Crippen MR) is 87.6 cm³/mol. The lowest BCUT2D eigenvalue weighted by atomic mass is 10.1. The molecule has 1 saturated heterocycles. The lowest BCUT2D eigenvalue weighted by Gasteiger charge is -2.31. The van der Waals surface area contributed by atoms with Crippen LogP contribution in [0.15, 0.2) is 24.4 Å². The molecule has 1 N–H and O–H groups in total. The summed E-state index contributed by atoms with van der Waals surface area (Å²) in [6.07, 6.45) is -0.720. The van der Waals surface area contributed by atoms with Crippen LogP contribution in [0, 0.1) is 0 Å². The number of piperidine rings is 1. The van der Waals surface area contributed by atoms with Crippen LogP contribution >= 0.6 is 0 Å². The number of nitrogens with one attached hydrogen (secondary N) is 1. The van der Waals surface area contributed by atoms with Gasteiger partial charge in [-0.05, 0) is 31.0 Å². The highest BCUT2D eigenvalue weighted by Gasteiger charge is 2.32. The maximum absolute atomic E-state index is 12.8. The fraction of sp³-hybridized carbons (Fsp3) is 0.467. The van der Waals surface area contributed by atoms with Crippen molar-refractivity contribution < 1.29 is 21.6 Å². The normalized spacial score (nSPS) is 17.8. The van der Waals surface area contributed by atoms with Crippen LogP contribution < -0.4 is 5.32 Å². The molecule has 2 aromatic rings. The average Bonchev–Trinajstić information content (AvgIpc) is 2.53. The number of anilines is 1. The first kappa shape index (κ1) is 17.9. The predicted octanol–water partition coefficient (Wildman–Crippen LogP) is 2.48. The molecule has 0 unspecified atom stereocenters. The van der Waals surface area contributed by atoms with E-state index in [1.54, 1.807) is 0 Å². The first-order chi connectivity index (χ1) is 11.6. The molecule has 0 spiro atoms. The van der Waals surface area contributed by atoms with Gasteiger partial charge in [-0.2, -0.15) is 13.2 Å². The Bertz CT molecular complexity index is 878. The number of nitrogens with zero attached hydrogens (tertiary/aromatic N) is 3. The van der Waals surface area contributed by atoms with E-state index in [9.17, 15) is 21.6 Å². The minimum atomic E-state index is -4.50. The summed E-state index contributed by atoms with van der Waals surface area (Å²) in [5.74, 6) is 0.455. The van der Waals surface area contributed by atoms with Gasteiger partial charge in [0.1, 0.15) is 11.5 Å². The van der Waals surface area contributed by atoms with E-state index >= 15 is 0 Å². The summed E-state index contributed by atoms with van der Waals surface area (Å²) >= 11 is 0. The number of aromatic nitrogens is 2. The zero-order valence-electron chi connectivity index (χ0n) is 13.4. The van der Waals surface area contributed by atoms with Crippen molar-refractivity contribution >= 4 is 26.7 Å². The number of alkyl halides is 3. The van der Waals surface area contributed by atoms with E-state index < -0.39 is 21.9 Å². The van der Waals surface area contributed by atoms with Gasteiger partial charge in [0, 0.05) is 30.7 Å². The van der Waals surface area contributed by atoms with Gasteiger partial charge in [-0.15, -0.1) is 0 Å². The smallest absolute Gasteiger partial charge is 0.367 e. The molecule has 0 aliphatic carbocycles. The minimum absolute atomic E-state index is 0.00149. The molecule has 10 heteroatoms. The van der Waals surface area contributed by atoms with Crippen LogP contribution in [0.3, 0.4) is 0 Å². The van der Waals surface area contributed by atoms with E-state index in [0.29, 0.717) is 37.1 Å². The summed E-state index contributed by atoms with van der Waals surface area (Å²) in [6, 6.07) is 3.72. The van der Waals surface area contributed by atoms with E-state index in [-0.39, 0.29) is 11.6 Å². The molecular weight excluding hydrogens is 357 g/mol. The lowest BCUT2D eigenvalue weighted by molar-refractivity contribution is -0.140. The van der Waals surface area contributed by atoms with Crippen LogP contribution in [-0.4, -0.2) is 48.1 Å². The summed E-state index contributed by atoms with van der Waals surface area (Å²) in [7, 11) is -3.20. The van der Waals surface area contributed by atoms with Gasteiger partial charge >= 0.3 is 6.18 Å². The molecular formula is C15H17F3N4O2S. The molecule has 3 heterocycles. The zero-order chi connectivity index (χ0) is 18.2. The molecule has 0 bridgehead atoms. The molecule has 1 aliphatic rings. The number of halogens is 3. The Hall–Kier alpha value is -1.94. The van der Waals surface area contributed by atoms with Crippen molar-refractivity contribution in [2.24, 2.45) is 0 Å². The SMILES string of the molecule is CS(=O)(=O)N1CCC(Nc2nccc3nc(C(F)(F)F)ccc23)CC1. The van der Waals surface area contributed by atoms with Crippen molar-refractivity contribution in [2.45, 2.75) is 25.1 Å². The van der Waals surface area contributed by atoms with Crippen molar-refractivity contribution in [3.63, 3.8) is 0 Å². The van der Waals surface area contributed by atoms with Crippen LogP contribution in [0.4, 0.5) is 19.0 Å². The molecule has 6 nitrogen and oxygen atoms in total. The standard InChI is InChI=1S/C15H17F3N4O2S/c1-25(23,24)22-8-5-10(6-9-22)20-14-11-2-3-13(15(16,17)18)21-12(11)4-7-19-14/h2-4,7,10H,5-6,8-9H2,1H3,(H,19,20). The monoisotopic (exact) mass is 374 g/mol. The van der Waals surface area contributed by atoms with Gasteiger partial charge in [0.2, 0.25) is 10.0 Å². The number of rotatable bonds is 3. The second-order valence-corrected chi connectivity index (χ2v) is 7.98. The van der Waals surface area contributed by atoms with Crippen molar-refractivity contribution in [3.05, 3.63) is 30.1 Å². The summed E-state index contributed by atoms with van der Waals surface area (Å²) in [5.41, 5.74) is -0.737. The quantitative estimate of drug-likeness (QED) is 0.893. The number of sulfonamides is 1. The molecule has 1 fully saturated rings. The number of fused-ring (bicyclic) bond motifs is 1. The average molecular weight is 374 g/mol. The van der Waals surface area contributed by atoms with Gasteiger partial charge in [-0.1, -0.05) is 0 Å². The lowest BCUT2D eigenvalue weighted by Crippen LogP contribution is -2.41. The molecule has 25 heavy (non-hydrogen) atoms. The van der Waals surface area contributed by atoms with Crippen LogP contribution in [0.1, 0.15) is 18.5 Å². The Morgan fingerprint density at radius 3 is 2.48 bits per heavy atom. The van der Waals surface area contributed by atoms with Gasteiger partial charge in [0.15, 0.2) is 0 Å². The summed E-state index contributed by atoms with van der Waals surface area (Å²) < 4.78 is 62.8.